The van der Waals surface area contributed by atoms with Crippen molar-refractivity contribution in [1.82, 2.24) is 25.6 Å². The number of aliphatic hydroxyl groups excluding tert-OH is 2. The summed E-state index contributed by atoms with van der Waals surface area (Å²) in [6.07, 6.45) is 10.4. The molecule has 0 spiro atoms. The van der Waals surface area contributed by atoms with E-state index < -0.39 is 35.6 Å². The van der Waals surface area contributed by atoms with E-state index >= 15 is 0 Å². The van der Waals surface area contributed by atoms with Crippen LogP contribution in [0.1, 0.15) is 137 Å². The van der Waals surface area contributed by atoms with Crippen LogP contribution >= 0.6 is 34.9 Å². The van der Waals surface area contributed by atoms with Gasteiger partial charge in [-0.1, -0.05) is 45.7 Å². The number of nitrogens with zero attached hydrogens (tertiary/aromatic N) is 4. The Bertz CT molecular complexity index is 2380. The summed E-state index contributed by atoms with van der Waals surface area (Å²) in [5.41, 5.74) is 3.57. The van der Waals surface area contributed by atoms with E-state index in [1.165, 1.54) is 0 Å². The molecule has 74 heavy (non-hydrogen) atoms. The van der Waals surface area contributed by atoms with Gasteiger partial charge in [0.25, 0.3) is 11.8 Å². The number of carbonyl (C=O) groups is 4. The van der Waals surface area contributed by atoms with Crippen molar-refractivity contribution >= 4 is 81.2 Å². The molecule has 1 unspecified atom stereocenters. The van der Waals surface area contributed by atoms with E-state index in [1.807, 2.05) is 52.3 Å². The third-order valence-corrected chi connectivity index (χ3v) is 15.8. The van der Waals surface area contributed by atoms with E-state index in [-0.39, 0.29) is 48.2 Å². The summed E-state index contributed by atoms with van der Waals surface area (Å²) in [4.78, 5) is 72.1. The van der Waals surface area contributed by atoms with Crippen LogP contribution in [-0.4, -0.2) is 143 Å². The molecular formula is C54H80N6O11S3. The number of aliphatic hydroxyl groups is 2. The number of rotatable bonds is 25. The number of oxime groups is 1. The van der Waals surface area contributed by atoms with E-state index in [0.29, 0.717) is 88.4 Å². The summed E-state index contributed by atoms with van der Waals surface area (Å²) < 4.78 is 23.5. The number of unbranched alkanes of at least 4 members (excludes halogenated alkanes) is 2. The van der Waals surface area contributed by atoms with Gasteiger partial charge in [-0.2, -0.15) is 23.5 Å². The first-order valence-electron chi connectivity index (χ1n) is 25.9. The fraction of sp³-hybridized carbons (Fsp3) is 0.667. The van der Waals surface area contributed by atoms with Crippen LogP contribution in [0.2, 0.25) is 0 Å². The Hall–Kier alpha value is -4.02. The average molecular weight is 1090 g/mol. The number of fused-ring (bicyclic) bond motifs is 2. The predicted octanol–water partition coefficient (Wildman–Crippen LogP) is 8.05. The number of thioether (sulfide) groups is 2. The molecule has 1 aromatic carbocycles. The highest BCUT2D eigenvalue weighted by Gasteiger charge is 2.53. The van der Waals surface area contributed by atoms with Crippen molar-refractivity contribution in [2.75, 3.05) is 58.6 Å². The molecule has 4 heterocycles. The van der Waals surface area contributed by atoms with Crippen molar-refractivity contribution in [1.29, 1.82) is 0 Å². The van der Waals surface area contributed by atoms with Gasteiger partial charge in [-0.3, -0.25) is 19.2 Å². The molecule has 410 valence electrons. The van der Waals surface area contributed by atoms with Crippen LogP contribution in [0.3, 0.4) is 0 Å². The average Bonchev–Trinajstić information content (AvgIpc) is 3.81. The van der Waals surface area contributed by atoms with E-state index in [1.54, 1.807) is 67.0 Å². The summed E-state index contributed by atoms with van der Waals surface area (Å²) in [5, 5.41) is 34.3. The van der Waals surface area contributed by atoms with Gasteiger partial charge in [0.2, 0.25) is 0 Å². The monoisotopic (exact) mass is 1080 g/mol. The number of Topliss-reactive ketones (excluding diaryl/α,β-unsaturated/α-hetero) is 1. The van der Waals surface area contributed by atoms with Gasteiger partial charge in [0.05, 0.1) is 89.9 Å². The molecule has 4 N–H and O–H groups in total. The second-order valence-electron chi connectivity index (χ2n) is 20.3. The van der Waals surface area contributed by atoms with E-state index in [4.69, 9.17) is 33.8 Å². The van der Waals surface area contributed by atoms with Gasteiger partial charge >= 0.3 is 5.97 Å². The molecule has 3 aromatic rings. The quantitative estimate of drug-likeness (QED) is 0.0272. The minimum Gasteiger partial charge on any atom is -0.458 e. The number of ether oxygens (including phenoxy) is 4. The summed E-state index contributed by atoms with van der Waals surface area (Å²) in [6, 6.07) is 5.36. The van der Waals surface area contributed by atoms with Crippen LogP contribution in [0.15, 0.2) is 35.1 Å². The normalized spacial score (nSPS) is 24.3. The molecule has 0 radical (unpaired) electrons. The number of nitrogens with one attached hydrogen (secondary N) is 2. The summed E-state index contributed by atoms with van der Waals surface area (Å²) in [7, 11) is 0. The summed E-state index contributed by atoms with van der Waals surface area (Å²) in [6.45, 7) is 14.9. The van der Waals surface area contributed by atoms with Crippen LogP contribution in [0.25, 0.3) is 17.1 Å². The molecule has 20 heteroatoms. The number of aryl methyl sites for hydroxylation is 1. The third kappa shape index (κ3) is 18.9. The van der Waals surface area contributed by atoms with Crippen molar-refractivity contribution in [3.05, 3.63) is 56.8 Å². The lowest BCUT2D eigenvalue weighted by Crippen LogP contribution is -2.46. The lowest BCUT2D eigenvalue weighted by Gasteiger charge is -2.37. The zero-order valence-electron chi connectivity index (χ0n) is 44.9. The minimum atomic E-state index is -1.25. The molecular weight excluding hydrogens is 1000 g/mol. The molecule has 2 aliphatic heterocycles. The number of thiazole rings is 1. The Morgan fingerprint density at radius 2 is 1.66 bits per heavy atom. The maximum absolute atomic E-state index is 13.6. The van der Waals surface area contributed by atoms with Crippen molar-refractivity contribution < 1.29 is 53.2 Å². The highest BCUT2D eigenvalue weighted by molar-refractivity contribution is 7.98. The first kappa shape index (κ1) is 60.8. The third-order valence-electron chi connectivity index (χ3n) is 13.9. The molecule has 2 aliphatic rings. The molecule has 0 aliphatic carbocycles. The first-order valence-corrected chi connectivity index (χ1v) is 29.5. The smallest absolute Gasteiger partial charge is 0.309 e. The molecule has 2 amide bonds. The molecule has 0 bridgehead atoms. The lowest BCUT2D eigenvalue weighted by atomic mass is 9.72. The van der Waals surface area contributed by atoms with Gasteiger partial charge in [0.1, 0.15) is 11.9 Å². The fourth-order valence-electron chi connectivity index (χ4n) is 9.08. The van der Waals surface area contributed by atoms with Crippen molar-refractivity contribution in [2.24, 2.45) is 22.4 Å². The number of hydrogen-bond acceptors (Lipinski definition) is 18. The second kappa shape index (κ2) is 30.1. The van der Waals surface area contributed by atoms with Gasteiger partial charge in [-0.15, -0.1) is 11.3 Å². The standard InChI is InChI=1S/C54H80N6O11S3/c1-34-14-13-19-54(7)47(71-54)28-45(35(2)26-40-30-57-37(4)74-40)70-49(64)29-46(62)53(5,6)51(36(3)50(34)65)60-69-31-48(63)55-20-12-10-11-15-39(61)18-22-67-24-25-68-23-21-56-52(66)38-16-17-41-42(27-38)59-44(33-73-9)43(58-41)32-72-8/h16-17,26-27,30,34,36,45-47,50,62,65H,10-15,18-25,28-29,31-33H2,1-9H3,(H,55,63)(H,56,66)/b35-26+,60-51-/t34-,36+,45-,46-,47?,50-,54+/m0/s1. The van der Waals surface area contributed by atoms with Crippen LogP contribution in [-0.2, 0) is 49.7 Å². The van der Waals surface area contributed by atoms with E-state index in [2.05, 4.69) is 27.7 Å². The number of cyclic esters (lactones) is 1. The van der Waals surface area contributed by atoms with Crippen LogP contribution in [0.4, 0.5) is 0 Å². The zero-order valence-corrected chi connectivity index (χ0v) is 47.3. The number of epoxide rings is 1. The molecule has 7 atom stereocenters. The summed E-state index contributed by atoms with van der Waals surface area (Å²) >= 11 is 4.95. The molecule has 2 aromatic heterocycles. The van der Waals surface area contributed by atoms with Gasteiger partial charge in [-0.05, 0) is 94.7 Å². The van der Waals surface area contributed by atoms with Crippen LogP contribution < -0.4 is 10.6 Å². The van der Waals surface area contributed by atoms with Crippen molar-refractivity contribution in [2.45, 2.75) is 154 Å². The summed E-state index contributed by atoms with van der Waals surface area (Å²) in [5.74, 6) is -0.240. The highest BCUT2D eigenvalue weighted by Crippen LogP contribution is 2.45. The SMILES string of the molecule is CSCc1nc2ccc(C(=O)NCCOCCOCCC(=O)CCCCCNC(=O)CO/N=C3/[C@H](C)[C@@H](O)[C@@H](C)CCC[C@@]4(C)OC4C[C@@H](/C(C)=C/c4cnc(C)s4)OC(=O)C[C@H](O)C3(C)C)cc2nc1CSC. The largest absolute Gasteiger partial charge is 0.458 e. The number of amides is 2. The number of benzene rings is 1. The topological polar surface area (TPSA) is 233 Å². The number of carbonyl (C=O) groups excluding carboxylic acids is 4. The predicted molar refractivity (Wildman–Crippen MR) is 293 cm³/mol. The Morgan fingerprint density at radius 3 is 2.36 bits per heavy atom. The molecule has 5 rings (SSSR count). The Morgan fingerprint density at radius 1 is 0.946 bits per heavy atom. The minimum absolute atomic E-state index is 0.0972. The van der Waals surface area contributed by atoms with Crippen molar-refractivity contribution in [3.8, 4) is 0 Å². The molecule has 2 saturated heterocycles. The molecule has 2 fully saturated rings. The maximum atomic E-state index is 13.6. The molecule has 0 saturated carbocycles. The van der Waals surface area contributed by atoms with E-state index in [0.717, 1.165) is 69.6 Å². The van der Waals surface area contributed by atoms with Gasteiger partial charge in [0, 0.05) is 71.8 Å². The van der Waals surface area contributed by atoms with Gasteiger partial charge in [0.15, 0.2) is 6.61 Å². The zero-order chi connectivity index (χ0) is 53.8. The fourth-order valence-corrected chi connectivity index (χ4v) is 10.9. The number of ketones is 1. The number of hydrogen-bond donors (Lipinski definition) is 4. The first-order chi connectivity index (χ1) is 35.3. The lowest BCUT2D eigenvalue weighted by molar-refractivity contribution is -0.151. The van der Waals surface area contributed by atoms with E-state index in [9.17, 15) is 29.4 Å². The number of aromatic nitrogens is 3. The van der Waals surface area contributed by atoms with Crippen LogP contribution in [0, 0.1) is 24.2 Å². The Balaban J connectivity index is 0.970. The van der Waals surface area contributed by atoms with Gasteiger partial charge in [-0.25, -0.2) is 15.0 Å². The molecule has 17 nitrogen and oxygen atoms in total. The maximum Gasteiger partial charge on any atom is 0.309 e. The van der Waals surface area contributed by atoms with Crippen molar-refractivity contribution in [3.63, 3.8) is 0 Å². The number of esters is 1. The van der Waals surface area contributed by atoms with Gasteiger partial charge < -0.3 is 44.6 Å². The van der Waals surface area contributed by atoms with Crippen LogP contribution in [0.5, 0.6) is 0 Å². The Labute approximate surface area is 449 Å². The Kier molecular flexibility index (Phi) is 24.7. The second-order valence-corrected chi connectivity index (χ2v) is 23.3. The highest BCUT2D eigenvalue weighted by atomic mass is 32.2.